The summed E-state index contributed by atoms with van der Waals surface area (Å²) in [5, 5.41) is 0. The Labute approximate surface area is 124 Å². The Morgan fingerprint density at radius 3 is 3.10 bits per heavy atom. The summed E-state index contributed by atoms with van der Waals surface area (Å²) in [6, 6.07) is 3.56. The number of methoxy groups -OCH3 is 2. The molecule has 21 heavy (non-hydrogen) atoms. The van der Waals surface area contributed by atoms with E-state index in [0.717, 1.165) is 19.4 Å². The minimum Gasteiger partial charge on any atom is -0.480 e. The zero-order valence-electron chi connectivity index (χ0n) is 12.3. The van der Waals surface area contributed by atoms with Crippen molar-refractivity contribution in [2.75, 3.05) is 27.4 Å². The van der Waals surface area contributed by atoms with Crippen molar-refractivity contribution in [3.05, 3.63) is 23.9 Å². The third-order valence-electron chi connectivity index (χ3n) is 4.24. The second-order valence-corrected chi connectivity index (χ2v) is 5.34. The molecule has 1 aromatic rings. The van der Waals surface area contributed by atoms with Crippen LogP contribution in [0.15, 0.2) is 18.3 Å². The molecular weight excluding hydrogens is 272 g/mol. The molecule has 6 heteroatoms. The first-order chi connectivity index (χ1) is 10.3. The highest BCUT2D eigenvalue weighted by Gasteiger charge is 2.46. The SMILES string of the molecule is COc1ncccc1C(=O)N1C[C@H](OC)[C@H]2OCCC[C@H]21. The van der Waals surface area contributed by atoms with E-state index < -0.39 is 0 Å². The molecule has 3 rings (SSSR count). The molecule has 0 N–H and O–H groups in total. The Morgan fingerprint density at radius 2 is 2.33 bits per heavy atom. The molecule has 0 aliphatic carbocycles. The van der Waals surface area contributed by atoms with Crippen LogP contribution in [0.3, 0.4) is 0 Å². The Hall–Kier alpha value is -1.66. The number of pyridine rings is 1. The fourth-order valence-corrected chi connectivity index (χ4v) is 3.22. The van der Waals surface area contributed by atoms with Gasteiger partial charge in [0.05, 0.1) is 19.7 Å². The van der Waals surface area contributed by atoms with E-state index in [1.165, 1.54) is 7.11 Å². The second-order valence-electron chi connectivity index (χ2n) is 5.34. The van der Waals surface area contributed by atoms with Crippen LogP contribution >= 0.6 is 0 Å². The molecule has 0 aromatic carbocycles. The first-order valence-corrected chi connectivity index (χ1v) is 7.20. The molecule has 114 valence electrons. The molecule has 1 aromatic heterocycles. The summed E-state index contributed by atoms with van der Waals surface area (Å²) in [6.07, 6.45) is 3.42. The van der Waals surface area contributed by atoms with Gasteiger partial charge in [-0.1, -0.05) is 0 Å². The molecule has 0 saturated carbocycles. The summed E-state index contributed by atoms with van der Waals surface area (Å²) in [5.74, 6) is 0.289. The Kier molecular flexibility index (Phi) is 4.07. The molecule has 0 bridgehead atoms. The van der Waals surface area contributed by atoms with Gasteiger partial charge < -0.3 is 19.1 Å². The van der Waals surface area contributed by atoms with Gasteiger partial charge in [0.1, 0.15) is 17.8 Å². The van der Waals surface area contributed by atoms with Crippen LogP contribution in [0.1, 0.15) is 23.2 Å². The highest BCUT2D eigenvalue weighted by Crippen LogP contribution is 2.32. The number of carbonyl (C=O) groups is 1. The van der Waals surface area contributed by atoms with E-state index in [9.17, 15) is 4.79 Å². The van der Waals surface area contributed by atoms with Gasteiger partial charge in [0.15, 0.2) is 0 Å². The highest BCUT2D eigenvalue weighted by atomic mass is 16.5. The topological polar surface area (TPSA) is 60.9 Å². The maximum atomic E-state index is 12.8. The van der Waals surface area contributed by atoms with Crippen LogP contribution in [0.5, 0.6) is 5.88 Å². The standard InChI is InChI=1S/C15H20N2O4/c1-19-12-9-17(11-6-4-8-21-13(11)12)15(18)10-5-3-7-16-14(10)20-2/h3,5,7,11-13H,4,6,8-9H2,1-2H3/t11-,12+,13+/m1/s1. The van der Waals surface area contributed by atoms with Crippen LogP contribution in [0, 0.1) is 0 Å². The lowest BCUT2D eigenvalue weighted by Gasteiger charge is -2.32. The maximum absolute atomic E-state index is 12.8. The molecule has 2 aliphatic rings. The van der Waals surface area contributed by atoms with Crippen LogP contribution in [-0.2, 0) is 9.47 Å². The monoisotopic (exact) mass is 292 g/mol. The summed E-state index contributed by atoms with van der Waals surface area (Å²) in [7, 11) is 3.19. The predicted octanol–water partition coefficient (Wildman–Crippen LogP) is 1.11. The van der Waals surface area contributed by atoms with Crippen LogP contribution < -0.4 is 4.74 Å². The molecule has 1 amide bonds. The van der Waals surface area contributed by atoms with E-state index >= 15 is 0 Å². The molecular formula is C15H20N2O4. The molecule has 6 nitrogen and oxygen atoms in total. The fourth-order valence-electron chi connectivity index (χ4n) is 3.22. The van der Waals surface area contributed by atoms with Crippen molar-refractivity contribution in [3.63, 3.8) is 0 Å². The number of rotatable bonds is 3. The van der Waals surface area contributed by atoms with Crippen molar-refractivity contribution in [2.24, 2.45) is 0 Å². The van der Waals surface area contributed by atoms with E-state index in [1.807, 2.05) is 4.90 Å². The first kappa shape index (κ1) is 14.3. The van der Waals surface area contributed by atoms with Gasteiger partial charge in [-0.05, 0) is 25.0 Å². The van der Waals surface area contributed by atoms with Crippen molar-refractivity contribution in [3.8, 4) is 5.88 Å². The van der Waals surface area contributed by atoms with Crippen molar-refractivity contribution < 1.29 is 19.0 Å². The molecule has 3 heterocycles. The maximum Gasteiger partial charge on any atom is 0.259 e. The zero-order valence-corrected chi connectivity index (χ0v) is 12.3. The third-order valence-corrected chi connectivity index (χ3v) is 4.24. The van der Waals surface area contributed by atoms with Gasteiger partial charge in [-0.25, -0.2) is 4.98 Å². The van der Waals surface area contributed by atoms with Gasteiger partial charge in [-0.15, -0.1) is 0 Å². The minimum atomic E-state index is -0.0694. The van der Waals surface area contributed by atoms with E-state index in [-0.39, 0.29) is 24.2 Å². The largest absolute Gasteiger partial charge is 0.480 e. The number of ether oxygens (including phenoxy) is 3. The average Bonchev–Trinajstić information content (AvgIpc) is 2.93. The number of carbonyl (C=O) groups excluding carboxylic acids is 1. The third kappa shape index (κ3) is 2.49. The highest BCUT2D eigenvalue weighted by molar-refractivity contribution is 5.96. The second kappa shape index (κ2) is 5.99. The van der Waals surface area contributed by atoms with Gasteiger partial charge in [0.25, 0.3) is 5.91 Å². The summed E-state index contributed by atoms with van der Waals surface area (Å²) in [5.41, 5.74) is 0.487. The van der Waals surface area contributed by atoms with Crippen molar-refractivity contribution in [2.45, 2.75) is 31.1 Å². The van der Waals surface area contributed by atoms with Gasteiger partial charge >= 0.3 is 0 Å². The lowest BCUT2D eigenvalue weighted by Crippen LogP contribution is -2.43. The van der Waals surface area contributed by atoms with Crippen LogP contribution in [0.25, 0.3) is 0 Å². The van der Waals surface area contributed by atoms with Crippen LogP contribution in [-0.4, -0.2) is 61.4 Å². The van der Waals surface area contributed by atoms with Gasteiger partial charge in [0.2, 0.25) is 5.88 Å². The van der Waals surface area contributed by atoms with Crippen LogP contribution in [0.2, 0.25) is 0 Å². The first-order valence-electron chi connectivity index (χ1n) is 7.20. The van der Waals surface area contributed by atoms with E-state index in [4.69, 9.17) is 14.2 Å². The van der Waals surface area contributed by atoms with E-state index in [1.54, 1.807) is 25.4 Å². The summed E-state index contributed by atoms with van der Waals surface area (Å²) in [6.45, 7) is 1.28. The number of hydrogen-bond donors (Lipinski definition) is 0. The number of likely N-dealkylation sites (tertiary alicyclic amines) is 1. The lowest BCUT2D eigenvalue weighted by atomic mass is 10.0. The summed E-state index contributed by atoms with van der Waals surface area (Å²) < 4.78 is 16.5. The van der Waals surface area contributed by atoms with E-state index in [2.05, 4.69) is 4.98 Å². The molecule has 0 unspecified atom stereocenters. The van der Waals surface area contributed by atoms with Gasteiger partial charge in [-0.2, -0.15) is 0 Å². The summed E-state index contributed by atoms with van der Waals surface area (Å²) >= 11 is 0. The Balaban J connectivity index is 1.87. The van der Waals surface area contributed by atoms with Crippen molar-refractivity contribution >= 4 is 5.91 Å². The van der Waals surface area contributed by atoms with Gasteiger partial charge in [0, 0.05) is 19.9 Å². The smallest absolute Gasteiger partial charge is 0.259 e. The van der Waals surface area contributed by atoms with Crippen LogP contribution in [0.4, 0.5) is 0 Å². The molecule has 2 fully saturated rings. The average molecular weight is 292 g/mol. The molecule has 2 saturated heterocycles. The summed E-state index contributed by atoms with van der Waals surface area (Å²) in [4.78, 5) is 18.8. The number of fused-ring (bicyclic) bond motifs is 1. The van der Waals surface area contributed by atoms with E-state index in [0.29, 0.717) is 18.0 Å². The molecule has 3 atom stereocenters. The Morgan fingerprint density at radius 1 is 1.48 bits per heavy atom. The fraction of sp³-hybridized carbons (Fsp3) is 0.600. The Bertz CT molecular complexity index is 522. The van der Waals surface area contributed by atoms with Gasteiger partial charge in [-0.3, -0.25) is 4.79 Å². The molecule has 0 spiro atoms. The zero-order chi connectivity index (χ0) is 14.8. The lowest BCUT2D eigenvalue weighted by molar-refractivity contribution is -0.0639. The molecule has 0 radical (unpaired) electrons. The van der Waals surface area contributed by atoms with Crippen molar-refractivity contribution in [1.29, 1.82) is 0 Å². The normalized spacial score (nSPS) is 28.3. The quantitative estimate of drug-likeness (QED) is 0.835. The predicted molar refractivity (Wildman–Crippen MR) is 75.4 cm³/mol. The molecule has 2 aliphatic heterocycles. The number of hydrogen-bond acceptors (Lipinski definition) is 5. The number of aromatic nitrogens is 1. The minimum absolute atomic E-state index is 0.0321. The van der Waals surface area contributed by atoms with Crippen molar-refractivity contribution in [1.82, 2.24) is 9.88 Å². The number of amides is 1. The number of nitrogens with zero attached hydrogens (tertiary/aromatic N) is 2.